The molecule has 0 saturated heterocycles. The van der Waals surface area contributed by atoms with E-state index in [4.69, 9.17) is 0 Å². The minimum absolute atomic E-state index is 0.0163. The molecule has 8 nitrogen and oxygen atoms in total. The van der Waals surface area contributed by atoms with Crippen LogP contribution < -0.4 is 14.8 Å². The lowest BCUT2D eigenvalue weighted by atomic mass is 10.1. The Balaban J connectivity index is 1.51. The third kappa shape index (κ3) is 6.35. The molecule has 0 aliphatic heterocycles. The molecule has 0 atom stereocenters. The summed E-state index contributed by atoms with van der Waals surface area (Å²) in [6.45, 7) is 9.14. The molecule has 0 fully saturated rings. The van der Waals surface area contributed by atoms with Gasteiger partial charge in [-0.3, -0.25) is 14.2 Å². The minimum atomic E-state index is -3.96. The van der Waals surface area contributed by atoms with Crippen molar-refractivity contribution in [1.29, 1.82) is 0 Å². The van der Waals surface area contributed by atoms with Crippen LogP contribution in [0.3, 0.4) is 0 Å². The number of carbonyl (C=O) groups is 1. The van der Waals surface area contributed by atoms with Gasteiger partial charge in [0.2, 0.25) is 0 Å². The molecular weight excluding hydrogens is 546 g/mol. The van der Waals surface area contributed by atoms with Crippen molar-refractivity contribution >= 4 is 43.0 Å². The van der Waals surface area contributed by atoms with Gasteiger partial charge in [-0.15, -0.1) is 0 Å². The number of carbonyl (C=O) groups excluding carboxylic acids is 1. The standard InChI is InChI=1S/C30H31N3O5S2/c1-19-10-12-26(17-23(19)5)32-40(37,38)28-18-24(11-9-20(28)2)30(34)31-25-13-15-27(16-14-25)39(35,36)33-29-21(3)7-6-8-22(29)4/h6-18,32-33H,1-5H3,(H,31,34). The fourth-order valence-electron chi connectivity index (χ4n) is 4.14. The lowest BCUT2D eigenvalue weighted by Gasteiger charge is -2.14. The number of aryl methyl sites for hydroxylation is 5. The third-order valence-corrected chi connectivity index (χ3v) is 9.53. The second-order valence-electron chi connectivity index (χ2n) is 9.74. The van der Waals surface area contributed by atoms with Crippen LogP contribution in [0.2, 0.25) is 0 Å². The van der Waals surface area contributed by atoms with Crippen LogP contribution in [0.1, 0.15) is 38.2 Å². The van der Waals surface area contributed by atoms with E-state index in [2.05, 4.69) is 14.8 Å². The van der Waals surface area contributed by atoms with E-state index in [1.165, 1.54) is 36.4 Å². The van der Waals surface area contributed by atoms with Crippen molar-refractivity contribution in [2.24, 2.45) is 0 Å². The van der Waals surface area contributed by atoms with E-state index in [9.17, 15) is 21.6 Å². The Morgan fingerprint density at radius 2 is 1.18 bits per heavy atom. The number of hydrogen-bond acceptors (Lipinski definition) is 5. The lowest BCUT2D eigenvalue weighted by Crippen LogP contribution is -2.17. The van der Waals surface area contributed by atoms with Gasteiger partial charge in [-0.2, -0.15) is 0 Å². The van der Waals surface area contributed by atoms with Crippen molar-refractivity contribution in [2.45, 2.75) is 44.4 Å². The van der Waals surface area contributed by atoms with Crippen LogP contribution in [0, 0.1) is 34.6 Å². The molecule has 0 bridgehead atoms. The van der Waals surface area contributed by atoms with Gasteiger partial charge in [-0.1, -0.05) is 30.3 Å². The maximum atomic E-state index is 13.2. The van der Waals surface area contributed by atoms with Crippen molar-refractivity contribution in [3.05, 3.63) is 112 Å². The van der Waals surface area contributed by atoms with E-state index in [1.54, 1.807) is 25.1 Å². The van der Waals surface area contributed by atoms with Gasteiger partial charge < -0.3 is 5.32 Å². The molecule has 4 rings (SSSR count). The van der Waals surface area contributed by atoms with Crippen molar-refractivity contribution < 1.29 is 21.6 Å². The summed E-state index contributed by atoms with van der Waals surface area (Å²) >= 11 is 0. The summed E-state index contributed by atoms with van der Waals surface area (Å²) in [5, 5.41) is 2.70. The quantitative estimate of drug-likeness (QED) is 0.234. The SMILES string of the molecule is Cc1ccc(NS(=O)(=O)c2cc(C(=O)Nc3ccc(S(=O)(=O)Nc4c(C)cccc4C)cc3)ccc2C)cc1C. The second-order valence-corrected chi connectivity index (χ2v) is 13.1. The van der Waals surface area contributed by atoms with E-state index in [0.29, 0.717) is 22.6 Å². The molecule has 0 aliphatic carbocycles. The first kappa shape index (κ1) is 28.8. The number of anilines is 3. The summed E-state index contributed by atoms with van der Waals surface area (Å²) < 4.78 is 57.4. The van der Waals surface area contributed by atoms with Gasteiger partial charge in [-0.05, 0) is 111 Å². The maximum Gasteiger partial charge on any atom is 0.262 e. The molecule has 1 amide bonds. The van der Waals surface area contributed by atoms with Crippen LogP contribution in [0.4, 0.5) is 17.1 Å². The molecule has 4 aromatic carbocycles. The fraction of sp³-hybridized carbons (Fsp3) is 0.167. The molecule has 3 N–H and O–H groups in total. The Morgan fingerprint density at radius 1 is 0.575 bits per heavy atom. The van der Waals surface area contributed by atoms with Crippen molar-refractivity contribution in [3.63, 3.8) is 0 Å². The van der Waals surface area contributed by atoms with E-state index < -0.39 is 26.0 Å². The molecule has 0 heterocycles. The molecule has 208 valence electrons. The van der Waals surface area contributed by atoms with Gasteiger partial charge in [0.25, 0.3) is 26.0 Å². The van der Waals surface area contributed by atoms with Gasteiger partial charge in [-0.25, -0.2) is 16.8 Å². The summed E-state index contributed by atoms with van der Waals surface area (Å²) in [5.74, 6) is -0.535. The monoisotopic (exact) mass is 577 g/mol. The maximum absolute atomic E-state index is 13.2. The van der Waals surface area contributed by atoms with Crippen LogP contribution in [-0.4, -0.2) is 22.7 Å². The summed E-state index contributed by atoms with van der Waals surface area (Å²) in [5.41, 5.74) is 5.53. The Kier molecular flexibility index (Phi) is 8.04. The Bertz CT molecular complexity index is 1790. The van der Waals surface area contributed by atoms with Crippen LogP contribution in [0.5, 0.6) is 0 Å². The highest BCUT2D eigenvalue weighted by Crippen LogP contribution is 2.25. The van der Waals surface area contributed by atoms with Gasteiger partial charge in [0.05, 0.1) is 15.5 Å². The zero-order chi connectivity index (χ0) is 29.2. The van der Waals surface area contributed by atoms with Gasteiger partial charge >= 0.3 is 0 Å². The zero-order valence-electron chi connectivity index (χ0n) is 22.9. The predicted octanol–water partition coefficient (Wildman–Crippen LogP) is 6.08. The zero-order valence-corrected chi connectivity index (χ0v) is 24.5. The van der Waals surface area contributed by atoms with Crippen LogP contribution >= 0.6 is 0 Å². The van der Waals surface area contributed by atoms with Gasteiger partial charge in [0.15, 0.2) is 0 Å². The number of para-hydroxylation sites is 1. The normalized spacial score (nSPS) is 11.6. The molecule has 4 aromatic rings. The average molecular weight is 578 g/mol. The summed E-state index contributed by atoms with van der Waals surface area (Å²) in [6.07, 6.45) is 0. The molecule has 40 heavy (non-hydrogen) atoms. The predicted molar refractivity (Wildman–Crippen MR) is 159 cm³/mol. The molecule has 0 unspecified atom stereocenters. The number of sulfonamides is 2. The van der Waals surface area contributed by atoms with Crippen molar-refractivity contribution in [1.82, 2.24) is 0 Å². The van der Waals surface area contributed by atoms with E-state index in [-0.39, 0.29) is 15.4 Å². The molecule has 0 spiro atoms. The Hall–Kier alpha value is -4.15. The number of nitrogens with one attached hydrogen (secondary N) is 3. The number of hydrogen-bond donors (Lipinski definition) is 3. The molecule has 0 aliphatic rings. The highest BCUT2D eigenvalue weighted by Gasteiger charge is 2.21. The van der Waals surface area contributed by atoms with Gasteiger partial charge in [0.1, 0.15) is 0 Å². The first-order valence-corrected chi connectivity index (χ1v) is 15.4. The lowest BCUT2D eigenvalue weighted by molar-refractivity contribution is 0.102. The Morgan fingerprint density at radius 3 is 1.80 bits per heavy atom. The summed E-state index contributed by atoms with van der Waals surface area (Å²) in [7, 11) is -7.81. The fourth-order valence-corrected chi connectivity index (χ4v) is 6.66. The number of amides is 1. The molecule has 10 heteroatoms. The summed E-state index contributed by atoms with van der Waals surface area (Å²) in [6, 6.07) is 20.9. The molecule has 0 aromatic heterocycles. The van der Waals surface area contributed by atoms with Gasteiger partial charge in [0, 0.05) is 16.9 Å². The summed E-state index contributed by atoms with van der Waals surface area (Å²) in [4.78, 5) is 13.0. The van der Waals surface area contributed by atoms with Crippen molar-refractivity contribution in [2.75, 3.05) is 14.8 Å². The van der Waals surface area contributed by atoms with Crippen LogP contribution in [0.15, 0.2) is 88.7 Å². The van der Waals surface area contributed by atoms with E-state index >= 15 is 0 Å². The third-order valence-electron chi connectivity index (χ3n) is 6.64. The van der Waals surface area contributed by atoms with Crippen LogP contribution in [-0.2, 0) is 20.0 Å². The number of benzene rings is 4. The van der Waals surface area contributed by atoms with E-state index in [0.717, 1.165) is 22.3 Å². The molecule has 0 saturated carbocycles. The topological polar surface area (TPSA) is 121 Å². The highest BCUT2D eigenvalue weighted by molar-refractivity contribution is 7.93. The molecule has 0 radical (unpaired) electrons. The van der Waals surface area contributed by atoms with E-state index in [1.807, 2.05) is 52.0 Å². The first-order chi connectivity index (χ1) is 18.8. The highest BCUT2D eigenvalue weighted by atomic mass is 32.2. The Labute approximate surface area is 235 Å². The largest absolute Gasteiger partial charge is 0.322 e. The second kappa shape index (κ2) is 11.1. The van der Waals surface area contributed by atoms with Crippen LogP contribution in [0.25, 0.3) is 0 Å². The van der Waals surface area contributed by atoms with Crippen molar-refractivity contribution in [3.8, 4) is 0 Å². The number of rotatable bonds is 8. The minimum Gasteiger partial charge on any atom is -0.322 e. The smallest absolute Gasteiger partial charge is 0.262 e. The average Bonchev–Trinajstić information content (AvgIpc) is 2.89. The molecular formula is C30H31N3O5S2. The first-order valence-electron chi connectivity index (χ1n) is 12.5.